The molecule has 12 heteroatoms. The third-order valence-corrected chi connectivity index (χ3v) is 6.12. The van der Waals surface area contributed by atoms with Crippen LogP contribution in [0.2, 0.25) is 0 Å². The van der Waals surface area contributed by atoms with Crippen molar-refractivity contribution in [2.45, 2.75) is 36.4 Å². The Balaban J connectivity index is 1.52. The van der Waals surface area contributed by atoms with E-state index in [1.54, 1.807) is 12.1 Å². The zero-order chi connectivity index (χ0) is 21.5. The molecule has 0 saturated carbocycles. The van der Waals surface area contributed by atoms with Crippen LogP contribution in [0.25, 0.3) is 11.2 Å². The molecule has 2 aromatic heterocycles. The van der Waals surface area contributed by atoms with Gasteiger partial charge in [-0.2, -0.15) is 13.4 Å². The van der Waals surface area contributed by atoms with Gasteiger partial charge >= 0.3 is 0 Å². The van der Waals surface area contributed by atoms with Gasteiger partial charge in [0, 0.05) is 0 Å². The molecule has 1 aliphatic heterocycles. The summed E-state index contributed by atoms with van der Waals surface area (Å²) >= 11 is 0. The van der Waals surface area contributed by atoms with Crippen LogP contribution in [0.1, 0.15) is 11.8 Å². The van der Waals surface area contributed by atoms with Crippen molar-refractivity contribution in [2.24, 2.45) is 0 Å². The zero-order valence-electron chi connectivity index (χ0n) is 16.1. The van der Waals surface area contributed by atoms with Gasteiger partial charge in [-0.05, 0) is 19.1 Å². The van der Waals surface area contributed by atoms with E-state index in [9.17, 15) is 18.6 Å². The van der Waals surface area contributed by atoms with E-state index in [0.29, 0.717) is 11.2 Å². The number of imidazole rings is 1. The van der Waals surface area contributed by atoms with Crippen molar-refractivity contribution in [3.63, 3.8) is 0 Å². The van der Waals surface area contributed by atoms with E-state index in [4.69, 9.17) is 13.7 Å². The van der Waals surface area contributed by atoms with Crippen LogP contribution in [-0.4, -0.2) is 70.2 Å². The van der Waals surface area contributed by atoms with E-state index in [0.717, 1.165) is 5.56 Å². The fourth-order valence-corrected chi connectivity index (χ4v) is 4.11. The Morgan fingerprint density at radius 3 is 2.57 bits per heavy atom. The van der Waals surface area contributed by atoms with Gasteiger partial charge in [-0.1, -0.05) is 17.7 Å². The van der Waals surface area contributed by atoms with Gasteiger partial charge in [0.05, 0.1) is 24.9 Å². The molecule has 0 bridgehead atoms. The van der Waals surface area contributed by atoms with E-state index < -0.39 is 41.3 Å². The number of ether oxygens (including phenoxy) is 2. The van der Waals surface area contributed by atoms with E-state index in [1.807, 2.05) is 6.92 Å². The molecule has 0 amide bonds. The van der Waals surface area contributed by atoms with Crippen molar-refractivity contribution in [3.8, 4) is 5.88 Å². The number of hydrogen-bond donors (Lipinski definition) is 2. The molecule has 30 heavy (non-hydrogen) atoms. The molecule has 2 N–H and O–H groups in total. The third kappa shape index (κ3) is 3.63. The molecule has 0 unspecified atom stereocenters. The molecule has 3 heterocycles. The average Bonchev–Trinajstić information content (AvgIpc) is 3.28. The van der Waals surface area contributed by atoms with Crippen molar-refractivity contribution in [3.05, 3.63) is 42.5 Å². The van der Waals surface area contributed by atoms with Crippen LogP contribution >= 0.6 is 0 Å². The molecule has 0 radical (unpaired) electrons. The number of fused-ring (bicyclic) bond motifs is 1. The summed E-state index contributed by atoms with van der Waals surface area (Å²) in [6, 6.07) is 6.16. The van der Waals surface area contributed by atoms with E-state index in [2.05, 4.69) is 15.0 Å². The second-order valence-electron chi connectivity index (χ2n) is 6.80. The molecule has 1 fully saturated rings. The van der Waals surface area contributed by atoms with E-state index >= 15 is 0 Å². The van der Waals surface area contributed by atoms with Gasteiger partial charge < -0.3 is 19.7 Å². The number of aryl methyl sites for hydroxylation is 1. The zero-order valence-corrected chi connectivity index (χ0v) is 16.9. The van der Waals surface area contributed by atoms with E-state index in [1.165, 1.54) is 36.5 Å². The lowest BCUT2D eigenvalue weighted by molar-refractivity contribution is -0.0467. The highest BCUT2D eigenvalue weighted by molar-refractivity contribution is 7.86. The fourth-order valence-electron chi connectivity index (χ4n) is 3.19. The lowest BCUT2D eigenvalue weighted by Crippen LogP contribution is -2.34. The Morgan fingerprint density at radius 2 is 1.87 bits per heavy atom. The first kappa shape index (κ1) is 20.6. The van der Waals surface area contributed by atoms with Gasteiger partial charge in [-0.15, -0.1) is 0 Å². The number of rotatable bonds is 6. The molecule has 4 atom stereocenters. The second kappa shape index (κ2) is 7.89. The lowest BCUT2D eigenvalue weighted by atomic mass is 10.1. The van der Waals surface area contributed by atoms with Gasteiger partial charge in [0.1, 0.15) is 24.6 Å². The Bertz CT molecular complexity index is 1150. The molecule has 160 valence electrons. The molecule has 11 nitrogen and oxygen atoms in total. The number of aromatic nitrogens is 4. The number of methoxy groups -OCH3 is 1. The molecule has 1 aromatic carbocycles. The molecule has 0 aliphatic carbocycles. The Kier molecular flexibility index (Phi) is 5.42. The standard InChI is InChI=1S/C18H20N4O7S/c1-10-3-5-11(6-4-10)30(25,26)28-7-12-14(23)15(24)18(29-12)22-9-21-13-16(22)19-8-20-17(13)27-2/h3-6,8-9,12,14-15,18,23-24H,7H2,1-2H3/t12-,14-,15+,18-/m1/s1. The fraction of sp³-hybridized carbons (Fsp3) is 0.389. The van der Waals surface area contributed by atoms with Crippen LogP contribution in [0, 0.1) is 6.92 Å². The first-order valence-electron chi connectivity index (χ1n) is 9.01. The second-order valence-corrected chi connectivity index (χ2v) is 8.42. The number of nitrogens with zero attached hydrogens (tertiary/aromatic N) is 4. The van der Waals surface area contributed by atoms with Gasteiger partial charge in [0.2, 0.25) is 5.88 Å². The minimum Gasteiger partial charge on any atom is -0.479 e. The lowest BCUT2D eigenvalue weighted by Gasteiger charge is -2.16. The maximum Gasteiger partial charge on any atom is 0.297 e. The SMILES string of the molecule is COc1ncnc2c1ncn2[C@@H]1O[C@H](COS(=O)(=O)c2ccc(C)cc2)[C@@H](O)[C@@H]1O. The molecular weight excluding hydrogens is 416 g/mol. The summed E-state index contributed by atoms with van der Waals surface area (Å²) in [6.07, 6.45) is -2.25. The van der Waals surface area contributed by atoms with Crippen LogP contribution < -0.4 is 4.74 Å². The normalized spacial score (nSPS) is 24.4. The van der Waals surface area contributed by atoms with Crippen LogP contribution in [0.4, 0.5) is 0 Å². The van der Waals surface area contributed by atoms with Crippen LogP contribution in [0.3, 0.4) is 0 Å². The predicted octanol–water partition coefficient (Wildman–Crippen LogP) is 0.168. The highest BCUT2D eigenvalue weighted by Crippen LogP contribution is 2.33. The van der Waals surface area contributed by atoms with E-state index in [-0.39, 0.29) is 10.8 Å². The molecule has 1 saturated heterocycles. The summed E-state index contributed by atoms with van der Waals surface area (Å²) in [6.45, 7) is 1.36. The van der Waals surface area contributed by atoms with Crippen LogP contribution in [-0.2, 0) is 19.0 Å². The van der Waals surface area contributed by atoms with Crippen molar-refractivity contribution < 1.29 is 32.3 Å². The van der Waals surface area contributed by atoms with Crippen molar-refractivity contribution >= 4 is 21.3 Å². The number of aliphatic hydroxyl groups is 2. The largest absolute Gasteiger partial charge is 0.479 e. The quantitative estimate of drug-likeness (QED) is 0.513. The Hall–Kier alpha value is -2.64. The topological polar surface area (TPSA) is 146 Å². The Morgan fingerprint density at radius 1 is 1.13 bits per heavy atom. The first-order valence-corrected chi connectivity index (χ1v) is 10.4. The molecule has 1 aliphatic rings. The predicted molar refractivity (Wildman–Crippen MR) is 102 cm³/mol. The molecule has 3 aromatic rings. The summed E-state index contributed by atoms with van der Waals surface area (Å²) in [5, 5.41) is 20.8. The summed E-state index contributed by atoms with van der Waals surface area (Å²) < 4.78 is 42.1. The molecule has 0 spiro atoms. The Labute approximate surface area is 172 Å². The highest BCUT2D eigenvalue weighted by atomic mass is 32.2. The smallest absolute Gasteiger partial charge is 0.297 e. The number of aliphatic hydroxyl groups excluding tert-OH is 2. The summed E-state index contributed by atoms with van der Waals surface area (Å²) in [7, 11) is -2.61. The minimum absolute atomic E-state index is 0.0120. The summed E-state index contributed by atoms with van der Waals surface area (Å²) in [5.41, 5.74) is 1.58. The number of benzene rings is 1. The van der Waals surface area contributed by atoms with Crippen LogP contribution in [0.15, 0.2) is 41.8 Å². The van der Waals surface area contributed by atoms with Crippen molar-refractivity contribution in [1.82, 2.24) is 19.5 Å². The van der Waals surface area contributed by atoms with Crippen LogP contribution in [0.5, 0.6) is 5.88 Å². The van der Waals surface area contributed by atoms with Gasteiger partial charge in [0.15, 0.2) is 17.4 Å². The van der Waals surface area contributed by atoms with Gasteiger partial charge in [0.25, 0.3) is 10.1 Å². The van der Waals surface area contributed by atoms with Crippen molar-refractivity contribution in [2.75, 3.05) is 13.7 Å². The maximum absolute atomic E-state index is 12.4. The molecule has 4 rings (SSSR count). The first-order chi connectivity index (χ1) is 14.3. The number of hydrogen-bond acceptors (Lipinski definition) is 10. The molecular formula is C18H20N4O7S. The third-order valence-electron chi connectivity index (χ3n) is 4.83. The summed E-state index contributed by atoms with van der Waals surface area (Å²) in [4.78, 5) is 12.2. The highest BCUT2D eigenvalue weighted by Gasteiger charge is 2.45. The van der Waals surface area contributed by atoms with Crippen molar-refractivity contribution in [1.29, 1.82) is 0 Å². The summed E-state index contributed by atoms with van der Waals surface area (Å²) in [5.74, 6) is 0.246. The van der Waals surface area contributed by atoms with Gasteiger partial charge in [-0.3, -0.25) is 8.75 Å². The maximum atomic E-state index is 12.4. The van der Waals surface area contributed by atoms with Gasteiger partial charge in [-0.25, -0.2) is 9.97 Å². The monoisotopic (exact) mass is 436 g/mol. The minimum atomic E-state index is -4.05. The average molecular weight is 436 g/mol.